The number of nitrogens with zero attached hydrogens (tertiary/aromatic N) is 2. The summed E-state index contributed by atoms with van der Waals surface area (Å²) in [7, 11) is 0. The second-order valence-electron chi connectivity index (χ2n) is 4.83. The number of benzene rings is 1. The molecular formula is C16H20N2O. The maximum absolute atomic E-state index is 12.0. The molecule has 0 saturated carbocycles. The molecule has 0 aliphatic heterocycles. The first-order valence-electron chi connectivity index (χ1n) is 6.83. The maximum Gasteiger partial charge on any atom is 0.163 e. The van der Waals surface area contributed by atoms with Gasteiger partial charge in [0.15, 0.2) is 5.78 Å². The highest BCUT2D eigenvalue weighted by Gasteiger charge is 2.08. The lowest BCUT2D eigenvalue weighted by Crippen LogP contribution is -2.06. The normalized spacial score (nSPS) is 12.3. The number of rotatable bonds is 6. The Morgan fingerprint density at radius 3 is 2.68 bits per heavy atom. The van der Waals surface area contributed by atoms with Crippen molar-refractivity contribution >= 4 is 5.78 Å². The van der Waals surface area contributed by atoms with Gasteiger partial charge in [-0.3, -0.25) is 9.48 Å². The molecule has 19 heavy (non-hydrogen) atoms. The third kappa shape index (κ3) is 3.53. The van der Waals surface area contributed by atoms with Crippen molar-refractivity contribution in [1.82, 2.24) is 9.78 Å². The topological polar surface area (TPSA) is 34.9 Å². The van der Waals surface area contributed by atoms with E-state index in [9.17, 15) is 4.79 Å². The number of ketones is 1. The van der Waals surface area contributed by atoms with Gasteiger partial charge >= 0.3 is 0 Å². The van der Waals surface area contributed by atoms with Crippen molar-refractivity contribution in [1.29, 1.82) is 0 Å². The van der Waals surface area contributed by atoms with Crippen LogP contribution in [0, 0.1) is 0 Å². The number of Topliss-reactive ketones (excluding diaryl/α,β-unsaturated/α-hetero) is 1. The molecular weight excluding hydrogens is 236 g/mol. The summed E-state index contributed by atoms with van der Waals surface area (Å²) in [6.45, 7) is 4.29. The molecule has 1 unspecified atom stereocenters. The van der Waals surface area contributed by atoms with Crippen molar-refractivity contribution in [2.45, 2.75) is 39.2 Å². The lowest BCUT2D eigenvalue weighted by atomic mass is 10.1. The van der Waals surface area contributed by atoms with E-state index in [1.54, 1.807) is 0 Å². The molecule has 0 bridgehead atoms. The van der Waals surface area contributed by atoms with Gasteiger partial charge in [-0.2, -0.15) is 5.10 Å². The SMILES string of the molecule is CCC(C)n1ccc(CCC(=O)c2ccccc2)n1. The third-order valence-corrected chi connectivity index (χ3v) is 3.41. The quantitative estimate of drug-likeness (QED) is 0.739. The van der Waals surface area contributed by atoms with E-state index < -0.39 is 0 Å². The smallest absolute Gasteiger partial charge is 0.163 e. The van der Waals surface area contributed by atoms with Gasteiger partial charge in [0.25, 0.3) is 0 Å². The molecule has 1 aromatic carbocycles. The maximum atomic E-state index is 12.0. The van der Waals surface area contributed by atoms with E-state index in [-0.39, 0.29) is 5.78 Å². The Morgan fingerprint density at radius 1 is 1.26 bits per heavy atom. The second-order valence-corrected chi connectivity index (χ2v) is 4.83. The Balaban J connectivity index is 1.92. The average Bonchev–Trinajstić information content (AvgIpc) is 2.93. The van der Waals surface area contributed by atoms with Gasteiger partial charge in [-0.1, -0.05) is 37.3 Å². The molecule has 0 aliphatic carbocycles. The molecule has 1 aromatic heterocycles. The van der Waals surface area contributed by atoms with Crippen LogP contribution in [-0.2, 0) is 6.42 Å². The Morgan fingerprint density at radius 2 is 2.00 bits per heavy atom. The lowest BCUT2D eigenvalue weighted by Gasteiger charge is -2.08. The van der Waals surface area contributed by atoms with E-state index in [0.29, 0.717) is 18.9 Å². The number of hydrogen-bond acceptors (Lipinski definition) is 2. The highest BCUT2D eigenvalue weighted by molar-refractivity contribution is 5.96. The Hall–Kier alpha value is -1.90. The van der Waals surface area contributed by atoms with Gasteiger partial charge in [-0.25, -0.2) is 0 Å². The minimum absolute atomic E-state index is 0.179. The number of carbonyl (C=O) groups excluding carboxylic acids is 1. The molecule has 0 N–H and O–H groups in total. The first-order chi connectivity index (χ1) is 9.20. The van der Waals surface area contributed by atoms with Crippen LogP contribution in [0.5, 0.6) is 0 Å². The van der Waals surface area contributed by atoms with Crippen molar-refractivity contribution in [2.24, 2.45) is 0 Å². The molecule has 0 saturated heterocycles. The summed E-state index contributed by atoms with van der Waals surface area (Å²) < 4.78 is 1.97. The molecule has 0 fully saturated rings. The van der Waals surface area contributed by atoms with E-state index in [1.807, 2.05) is 47.3 Å². The van der Waals surface area contributed by atoms with Crippen LogP contribution in [0.1, 0.15) is 48.8 Å². The molecule has 0 amide bonds. The number of hydrogen-bond donors (Lipinski definition) is 0. The predicted molar refractivity (Wildman–Crippen MR) is 76.3 cm³/mol. The van der Waals surface area contributed by atoms with E-state index in [4.69, 9.17) is 0 Å². The largest absolute Gasteiger partial charge is 0.294 e. The second kappa shape index (κ2) is 6.32. The summed E-state index contributed by atoms with van der Waals surface area (Å²) >= 11 is 0. The molecule has 3 heteroatoms. The highest BCUT2D eigenvalue weighted by Crippen LogP contribution is 2.11. The predicted octanol–water partition coefficient (Wildman–Crippen LogP) is 3.67. The molecule has 0 spiro atoms. The molecule has 2 rings (SSSR count). The monoisotopic (exact) mass is 256 g/mol. The molecule has 0 aliphatic rings. The van der Waals surface area contributed by atoms with E-state index >= 15 is 0 Å². The summed E-state index contributed by atoms with van der Waals surface area (Å²) in [5.74, 6) is 0.179. The van der Waals surface area contributed by atoms with Crippen LogP contribution < -0.4 is 0 Å². The standard InChI is InChI=1S/C16H20N2O/c1-3-13(2)18-12-11-15(17-18)9-10-16(19)14-7-5-4-6-8-14/h4-8,11-13H,3,9-10H2,1-2H3. The van der Waals surface area contributed by atoms with Crippen molar-refractivity contribution in [3.63, 3.8) is 0 Å². The van der Waals surface area contributed by atoms with Gasteiger partial charge in [-0.05, 0) is 25.8 Å². The van der Waals surface area contributed by atoms with E-state index in [1.165, 1.54) is 0 Å². The van der Waals surface area contributed by atoms with Gasteiger partial charge in [0.2, 0.25) is 0 Å². The van der Waals surface area contributed by atoms with Gasteiger partial charge in [-0.15, -0.1) is 0 Å². The zero-order valence-corrected chi connectivity index (χ0v) is 11.5. The molecule has 0 radical (unpaired) electrons. The number of aromatic nitrogens is 2. The van der Waals surface area contributed by atoms with Crippen molar-refractivity contribution in [3.05, 3.63) is 53.9 Å². The summed E-state index contributed by atoms with van der Waals surface area (Å²) in [5.41, 5.74) is 1.77. The first kappa shape index (κ1) is 13.5. The van der Waals surface area contributed by atoms with Crippen molar-refractivity contribution < 1.29 is 4.79 Å². The fraction of sp³-hybridized carbons (Fsp3) is 0.375. The summed E-state index contributed by atoms with van der Waals surface area (Å²) in [6, 6.07) is 11.9. The van der Waals surface area contributed by atoms with E-state index in [2.05, 4.69) is 18.9 Å². The van der Waals surface area contributed by atoms with Gasteiger partial charge in [0, 0.05) is 24.2 Å². The Bertz CT molecular complexity index is 531. The average molecular weight is 256 g/mol. The Kier molecular flexibility index (Phi) is 4.50. The zero-order chi connectivity index (χ0) is 13.7. The summed E-state index contributed by atoms with van der Waals surface area (Å²) in [6.07, 6.45) is 4.28. The van der Waals surface area contributed by atoms with Crippen molar-refractivity contribution in [2.75, 3.05) is 0 Å². The minimum Gasteiger partial charge on any atom is -0.294 e. The van der Waals surface area contributed by atoms with Crippen LogP contribution in [0.25, 0.3) is 0 Å². The van der Waals surface area contributed by atoms with Crippen LogP contribution >= 0.6 is 0 Å². The summed E-state index contributed by atoms with van der Waals surface area (Å²) in [4.78, 5) is 12.0. The number of carbonyl (C=O) groups is 1. The molecule has 100 valence electrons. The zero-order valence-electron chi connectivity index (χ0n) is 11.5. The molecule has 1 heterocycles. The van der Waals surface area contributed by atoms with Crippen LogP contribution in [-0.4, -0.2) is 15.6 Å². The highest BCUT2D eigenvalue weighted by atomic mass is 16.1. The first-order valence-corrected chi connectivity index (χ1v) is 6.83. The summed E-state index contributed by atoms with van der Waals surface area (Å²) in [5, 5.41) is 4.51. The van der Waals surface area contributed by atoms with Crippen LogP contribution in [0.15, 0.2) is 42.6 Å². The molecule has 2 aromatic rings. The fourth-order valence-corrected chi connectivity index (χ4v) is 1.95. The van der Waals surface area contributed by atoms with Gasteiger partial charge < -0.3 is 0 Å². The minimum atomic E-state index is 0.179. The van der Waals surface area contributed by atoms with E-state index in [0.717, 1.165) is 17.7 Å². The molecule has 1 atom stereocenters. The Labute approximate surface area is 114 Å². The molecule has 3 nitrogen and oxygen atoms in total. The van der Waals surface area contributed by atoms with Gasteiger partial charge in [0.05, 0.1) is 5.69 Å². The number of aryl methyl sites for hydroxylation is 1. The van der Waals surface area contributed by atoms with Crippen LogP contribution in [0.2, 0.25) is 0 Å². The fourth-order valence-electron chi connectivity index (χ4n) is 1.95. The van der Waals surface area contributed by atoms with Gasteiger partial charge in [0.1, 0.15) is 0 Å². The van der Waals surface area contributed by atoms with Crippen molar-refractivity contribution in [3.8, 4) is 0 Å². The lowest BCUT2D eigenvalue weighted by molar-refractivity contribution is 0.0982. The third-order valence-electron chi connectivity index (χ3n) is 3.41. The van der Waals surface area contributed by atoms with Crippen LogP contribution in [0.3, 0.4) is 0 Å². The van der Waals surface area contributed by atoms with Crippen LogP contribution in [0.4, 0.5) is 0 Å².